The second-order valence-electron chi connectivity index (χ2n) is 8.70. The lowest BCUT2D eigenvalue weighted by Crippen LogP contribution is -2.37. The third-order valence-electron chi connectivity index (χ3n) is 6.16. The van der Waals surface area contributed by atoms with E-state index in [4.69, 9.17) is 9.47 Å². The van der Waals surface area contributed by atoms with E-state index in [0.29, 0.717) is 26.3 Å². The summed E-state index contributed by atoms with van der Waals surface area (Å²) >= 11 is 0. The molecule has 2 aromatic carbocycles. The second-order valence-corrected chi connectivity index (χ2v) is 8.70. The lowest BCUT2D eigenvalue weighted by atomic mass is 10.0. The van der Waals surface area contributed by atoms with Gasteiger partial charge in [-0.1, -0.05) is 18.2 Å². The maximum Gasteiger partial charge on any atom is 0.236 e. The molecule has 0 aromatic heterocycles. The number of anilines is 1. The quantitative estimate of drug-likeness (QED) is 0.709. The Kier molecular flexibility index (Phi) is 6.66. The van der Waals surface area contributed by atoms with Crippen LogP contribution in [-0.2, 0) is 11.3 Å². The predicted octanol–water partition coefficient (Wildman–Crippen LogP) is 3.71. The number of carbonyl (C=O) groups excluding carboxylic acids is 1. The van der Waals surface area contributed by atoms with Crippen molar-refractivity contribution in [3.8, 4) is 11.5 Å². The summed E-state index contributed by atoms with van der Waals surface area (Å²) in [5.41, 5.74) is 3.51. The van der Waals surface area contributed by atoms with E-state index in [1.165, 1.54) is 5.56 Å². The molecule has 1 atom stereocenters. The highest BCUT2D eigenvalue weighted by atomic mass is 16.5. The minimum absolute atomic E-state index is 0.151. The normalized spacial score (nSPS) is 18.5. The van der Waals surface area contributed by atoms with Crippen LogP contribution in [0.3, 0.4) is 0 Å². The van der Waals surface area contributed by atoms with Crippen LogP contribution in [0.2, 0.25) is 0 Å². The van der Waals surface area contributed by atoms with E-state index >= 15 is 0 Å². The molecule has 2 heterocycles. The average molecular weight is 424 g/mol. The van der Waals surface area contributed by atoms with Gasteiger partial charge in [0.15, 0.2) is 11.5 Å². The molecule has 166 valence electrons. The molecule has 1 saturated heterocycles. The van der Waals surface area contributed by atoms with Crippen LogP contribution in [0.5, 0.6) is 11.5 Å². The van der Waals surface area contributed by atoms with E-state index in [0.717, 1.165) is 48.6 Å². The van der Waals surface area contributed by atoms with E-state index in [2.05, 4.69) is 46.2 Å². The van der Waals surface area contributed by atoms with Gasteiger partial charge in [0.05, 0.1) is 19.8 Å². The van der Waals surface area contributed by atoms with Crippen molar-refractivity contribution >= 4 is 11.6 Å². The Bertz CT molecular complexity index is 897. The molecule has 0 spiro atoms. The molecule has 1 fully saturated rings. The number of hydrogen-bond acceptors (Lipinski definition) is 5. The zero-order valence-corrected chi connectivity index (χ0v) is 18.8. The number of rotatable bonds is 6. The lowest BCUT2D eigenvalue weighted by molar-refractivity contribution is -0.131. The van der Waals surface area contributed by atoms with Gasteiger partial charge in [0, 0.05) is 45.8 Å². The largest absolute Gasteiger partial charge is 0.490 e. The highest BCUT2D eigenvalue weighted by molar-refractivity contribution is 5.78. The van der Waals surface area contributed by atoms with Crippen molar-refractivity contribution in [2.75, 3.05) is 52.3 Å². The van der Waals surface area contributed by atoms with E-state index in [-0.39, 0.29) is 11.9 Å². The molecule has 0 bridgehead atoms. The standard InChI is InChI=1S/C25H33N3O3/c1-26(2)21-10-7-19(8-11-21)17-27(3)25(29)18-28-13-4-6-22(28)20-9-12-23-24(16-20)31-15-5-14-30-23/h7-12,16,22H,4-6,13-15,17-18H2,1-3H3. The molecular formula is C25H33N3O3. The molecule has 0 saturated carbocycles. The number of carbonyl (C=O) groups is 1. The number of nitrogens with zero attached hydrogens (tertiary/aromatic N) is 3. The van der Waals surface area contributed by atoms with Gasteiger partial charge in [0.2, 0.25) is 5.91 Å². The third kappa shape index (κ3) is 5.13. The summed E-state index contributed by atoms with van der Waals surface area (Å²) in [5.74, 6) is 1.80. The zero-order valence-electron chi connectivity index (χ0n) is 18.8. The smallest absolute Gasteiger partial charge is 0.236 e. The van der Waals surface area contributed by atoms with E-state index in [1.54, 1.807) is 0 Å². The van der Waals surface area contributed by atoms with Crippen molar-refractivity contribution in [3.05, 3.63) is 53.6 Å². The summed E-state index contributed by atoms with van der Waals surface area (Å²) in [6.07, 6.45) is 3.06. The van der Waals surface area contributed by atoms with Gasteiger partial charge in [-0.05, 0) is 54.8 Å². The Morgan fingerprint density at radius 1 is 1.00 bits per heavy atom. The molecule has 2 aliphatic rings. The first kappa shape index (κ1) is 21.5. The fraction of sp³-hybridized carbons (Fsp3) is 0.480. The topological polar surface area (TPSA) is 45.2 Å². The molecule has 2 aliphatic heterocycles. The summed E-state index contributed by atoms with van der Waals surface area (Å²) in [6.45, 7) is 3.38. The van der Waals surface area contributed by atoms with E-state index in [1.807, 2.05) is 32.1 Å². The lowest BCUT2D eigenvalue weighted by Gasteiger charge is -2.27. The minimum atomic E-state index is 0.151. The van der Waals surface area contributed by atoms with Gasteiger partial charge in [-0.15, -0.1) is 0 Å². The molecule has 0 radical (unpaired) electrons. The Labute approximate surface area is 185 Å². The van der Waals surface area contributed by atoms with Crippen molar-refractivity contribution in [1.29, 1.82) is 0 Å². The number of hydrogen-bond donors (Lipinski definition) is 0. The van der Waals surface area contributed by atoms with Crippen molar-refractivity contribution in [2.24, 2.45) is 0 Å². The van der Waals surface area contributed by atoms with Crippen LogP contribution in [0.15, 0.2) is 42.5 Å². The van der Waals surface area contributed by atoms with Gasteiger partial charge < -0.3 is 19.3 Å². The summed E-state index contributed by atoms with van der Waals surface area (Å²) < 4.78 is 11.6. The van der Waals surface area contributed by atoms with Gasteiger partial charge in [0.1, 0.15) is 0 Å². The maximum absolute atomic E-state index is 13.0. The Morgan fingerprint density at radius 2 is 1.74 bits per heavy atom. The van der Waals surface area contributed by atoms with Crippen LogP contribution in [0.25, 0.3) is 0 Å². The first-order valence-electron chi connectivity index (χ1n) is 11.1. The minimum Gasteiger partial charge on any atom is -0.490 e. The van der Waals surface area contributed by atoms with Crippen molar-refractivity contribution in [3.63, 3.8) is 0 Å². The van der Waals surface area contributed by atoms with Gasteiger partial charge in [-0.25, -0.2) is 0 Å². The zero-order chi connectivity index (χ0) is 21.8. The molecule has 31 heavy (non-hydrogen) atoms. The van der Waals surface area contributed by atoms with Crippen LogP contribution in [0.1, 0.15) is 36.4 Å². The number of likely N-dealkylation sites (tertiary alicyclic amines) is 1. The second kappa shape index (κ2) is 9.60. The van der Waals surface area contributed by atoms with Gasteiger partial charge in [0.25, 0.3) is 0 Å². The molecule has 2 aromatic rings. The molecule has 0 N–H and O–H groups in total. The van der Waals surface area contributed by atoms with Crippen molar-refractivity contribution in [2.45, 2.75) is 31.8 Å². The fourth-order valence-corrected chi connectivity index (χ4v) is 4.34. The first-order chi connectivity index (χ1) is 15.0. The summed E-state index contributed by atoms with van der Waals surface area (Å²) in [5, 5.41) is 0. The highest BCUT2D eigenvalue weighted by Gasteiger charge is 2.29. The Balaban J connectivity index is 1.38. The molecular weight excluding hydrogens is 390 g/mol. The average Bonchev–Trinajstić information content (AvgIpc) is 3.09. The SMILES string of the molecule is CN(Cc1ccc(N(C)C)cc1)C(=O)CN1CCCC1c1ccc2c(c1)OCCCO2. The Morgan fingerprint density at radius 3 is 2.48 bits per heavy atom. The maximum atomic E-state index is 13.0. The van der Waals surface area contributed by atoms with Crippen molar-refractivity contribution in [1.82, 2.24) is 9.80 Å². The molecule has 6 nitrogen and oxygen atoms in total. The van der Waals surface area contributed by atoms with Crippen LogP contribution < -0.4 is 14.4 Å². The molecule has 0 aliphatic carbocycles. The number of likely N-dealkylation sites (N-methyl/N-ethyl adjacent to an activating group) is 1. The first-order valence-corrected chi connectivity index (χ1v) is 11.1. The monoisotopic (exact) mass is 423 g/mol. The van der Waals surface area contributed by atoms with E-state index in [9.17, 15) is 4.79 Å². The van der Waals surface area contributed by atoms with Gasteiger partial charge in [-0.2, -0.15) is 0 Å². The van der Waals surface area contributed by atoms with Crippen LogP contribution in [-0.4, -0.2) is 63.2 Å². The molecule has 6 heteroatoms. The molecule has 1 unspecified atom stereocenters. The fourth-order valence-electron chi connectivity index (χ4n) is 4.34. The van der Waals surface area contributed by atoms with Crippen LogP contribution >= 0.6 is 0 Å². The number of amides is 1. The summed E-state index contributed by atoms with van der Waals surface area (Å²) in [4.78, 5) is 19.2. The third-order valence-corrected chi connectivity index (χ3v) is 6.16. The van der Waals surface area contributed by atoms with E-state index < -0.39 is 0 Å². The van der Waals surface area contributed by atoms with Crippen LogP contribution in [0, 0.1) is 0 Å². The number of ether oxygens (including phenoxy) is 2. The summed E-state index contributed by atoms with van der Waals surface area (Å²) in [7, 11) is 5.95. The van der Waals surface area contributed by atoms with Gasteiger partial charge >= 0.3 is 0 Å². The van der Waals surface area contributed by atoms with Crippen LogP contribution in [0.4, 0.5) is 5.69 Å². The van der Waals surface area contributed by atoms with Crippen molar-refractivity contribution < 1.29 is 14.3 Å². The predicted molar refractivity (Wildman–Crippen MR) is 123 cm³/mol. The number of benzene rings is 2. The molecule has 1 amide bonds. The highest BCUT2D eigenvalue weighted by Crippen LogP contribution is 2.37. The summed E-state index contributed by atoms with van der Waals surface area (Å²) in [6, 6.07) is 14.8. The number of fused-ring (bicyclic) bond motifs is 1. The Hall–Kier alpha value is -2.73. The van der Waals surface area contributed by atoms with Gasteiger partial charge in [-0.3, -0.25) is 9.69 Å². The molecule has 4 rings (SSSR count).